The maximum absolute atomic E-state index is 13.7. The molecule has 9 heteroatoms. The van der Waals surface area contributed by atoms with E-state index in [1.165, 1.54) is 22.8 Å². The van der Waals surface area contributed by atoms with Gasteiger partial charge in [-0.3, -0.25) is 29.8 Å². The maximum Gasteiger partial charge on any atom is 0.272 e. The van der Waals surface area contributed by atoms with Gasteiger partial charge in [-0.15, -0.1) is 0 Å². The van der Waals surface area contributed by atoms with E-state index in [-0.39, 0.29) is 16.9 Å². The maximum atomic E-state index is 13.7. The van der Waals surface area contributed by atoms with Gasteiger partial charge in [0.15, 0.2) is 5.16 Å². The lowest BCUT2D eigenvalue weighted by Crippen LogP contribution is -2.42. The summed E-state index contributed by atoms with van der Waals surface area (Å²) in [5.74, 6) is -2.13. The zero-order chi connectivity index (χ0) is 24.2. The number of aromatic nitrogens is 2. The van der Waals surface area contributed by atoms with E-state index in [4.69, 9.17) is 0 Å². The van der Waals surface area contributed by atoms with Gasteiger partial charge < -0.3 is 0 Å². The van der Waals surface area contributed by atoms with Gasteiger partial charge in [-0.25, -0.2) is 9.37 Å². The molecule has 4 aromatic rings. The molecule has 0 aliphatic heterocycles. The predicted molar refractivity (Wildman–Crippen MR) is 130 cm³/mol. The third-order valence-electron chi connectivity index (χ3n) is 4.98. The number of benzene rings is 3. The fraction of sp³-hybridized carbons (Fsp3) is 0.120. The van der Waals surface area contributed by atoms with E-state index in [2.05, 4.69) is 15.8 Å². The van der Waals surface area contributed by atoms with Gasteiger partial charge in [0.1, 0.15) is 5.82 Å². The predicted octanol–water partition coefficient (Wildman–Crippen LogP) is 3.69. The van der Waals surface area contributed by atoms with Crippen molar-refractivity contribution in [1.29, 1.82) is 0 Å². The molecule has 0 bridgehead atoms. The molecule has 0 atom stereocenters. The highest BCUT2D eigenvalue weighted by Crippen LogP contribution is 2.22. The number of carbonyl (C=O) groups is 2. The summed E-state index contributed by atoms with van der Waals surface area (Å²) in [6, 6.07) is 18.2. The molecule has 0 radical (unpaired) electrons. The first-order chi connectivity index (χ1) is 16.3. The Morgan fingerprint density at radius 2 is 1.65 bits per heavy atom. The van der Waals surface area contributed by atoms with Crippen LogP contribution in [0.4, 0.5) is 4.39 Å². The van der Waals surface area contributed by atoms with E-state index in [1.807, 2.05) is 32.0 Å². The molecule has 34 heavy (non-hydrogen) atoms. The van der Waals surface area contributed by atoms with Crippen molar-refractivity contribution in [2.45, 2.75) is 19.0 Å². The molecule has 0 aliphatic rings. The lowest BCUT2D eigenvalue weighted by atomic mass is 10.1. The molecule has 172 valence electrons. The number of thioether (sulfide) groups is 1. The van der Waals surface area contributed by atoms with E-state index >= 15 is 0 Å². The van der Waals surface area contributed by atoms with Crippen LogP contribution in [0.15, 0.2) is 76.7 Å². The Kier molecular flexibility index (Phi) is 6.74. The van der Waals surface area contributed by atoms with Gasteiger partial charge in [-0.2, -0.15) is 0 Å². The van der Waals surface area contributed by atoms with Gasteiger partial charge in [0.05, 0.1) is 27.9 Å². The number of nitrogens with one attached hydrogen (secondary N) is 2. The number of halogens is 1. The second kappa shape index (κ2) is 9.88. The van der Waals surface area contributed by atoms with Gasteiger partial charge in [0.2, 0.25) is 5.91 Å². The summed E-state index contributed by atoms with van der Waals surface area (Å²) < 4.78 is 15.2. The van der Waals surface area contributed by atoms with Crippen molar-refractivity contribution < 1.29 is 14.0 Å². The van der Waals surface area contributed by atoms with Crippen molar-refractivity contribution in [3.63, 3.8) is 0 Å². The number of hydrogen-bond acceptors (Lipinski definition) is 5. The van der Waals surface area contributed by atoms with Crippen LogP contribution in [-0.4, -0.2) is 27.1 Å². The summed E-state index contributed by atoms with van der Waals surface area (Å²) in [7, 11) is 0. The van der Waals surface area contributed by atoms with Gasteiger partial charge in [0, 0.05) is 0 Å². The first kappa shape index (κ1) is 23.2. The molecule has 0 saturated heterocycles. The smallest absolute Gasteiger partial charge is 0.272 e. The number of para-hydroxylation sites is 1. The first-order valence-electron chi connectivity index (χ1n) is 10.4. The van der Waals surface area contributed by atoms with Crippen molar-refractivity contribution in [3.8, 4) is 5.69 Å². The largest absolute Gasteiger partial charge is 0.272 e. The summed E-state index contributed by atoms with van der Waals surface area (Å²) in [6.45, 7) is 3.88. The number of rotatable bonds is 5. The van der Waals surface area contributed by atoms with Gasteiger partial charge in [0.25, 0.3) is 11.5 Å². The number of fused-ring (bicyclic) bond motifs is 1. The van der Waals surface area contributed by atoms with Crippen LogP contribution < -0.4 is 16.4 Å². The number of hydrogen-bond donors (Lipinski definition) is 2. The quantitative estimate of drug-likeness (QED) is 0.260. The Balaban J connectivity index is 1.57. The molecule has 0 unspecified atom stereocenters. The highest BCUT2D eigenvalue weighted by atomic mass is 32.2. The second-order valence-electron chi connectivity index (χ2n) is 7.67. The zero-order valence-electron chi connectivity index (χ0n) is 18.5. The van der Waals surface area contributed by atoms with Crippen LogP contribution >= 0.6 is 11.8 Å². The van der Waals surface area contributed by atoms with Crippen molar-refractivity contribution in [2.75, 3.05) is 5.75 Å². The van der Waals surface area contributed by atoms with E-state index in [1.54, 1.807) is 24.3 Å². The van der Waals surface area contributed by atoms with Gasteiger partial charge in [-0.05, 0) is 61.4 Å². The average Bonchev–Trinajstić information content (AvgIpc) is 2.81. The molecule has 2 amide bonds. The molecule has 0 spiro atoms. The molecule has 1 aromatic heterocycles. The number of hydrazine groups is 1. The topological polar surface area (TPSA) is 93.1 Å². The first-order valence-corrected chi connectivity index (χ1v) is 11.4. The molecular formula is C25H21FN4O3S. The number of carbonyl (C=O) groups excluding carboxylic acids is 2. The summed E-state index contributed by atoms with van der Waals surface area (Å²) in [5, 5.41) is 0.803. The van der Waals surface area contributed by atoms with Crippen molar-refractivity contribution in [2.24, 2.45) is 0 Å². The normalized spacial score (nSPS) is 10.8. The molecule has 3 aromatic carbocycles. The molecule has 0 aliphatic carbocycles. The molecule has 7 nitrogen and oxygen atoms in total. The summed E-state index contributed by atoms with van der Waals surface area (Å²) in [5.41, 5.74) is 7.17. The molecule has 2 N–H and O–H groups in total. The Morgan fingerprint density at radius 1 is 0.971 bits per heavy atom. The van der Waals surface area contributed by atoms with Crippen LogP contribution in [0.2, 0.25) is 0 Å². The molecule has 4 rings (SSSR count). The SMILES string of the molecule is Cc1cc(C)cc(-n2c(SCC(=O)NNC(=O)c3ccccc3F)nc3ccccc3c2=O)c1. The van der Waals surface area contributed by atoms with Crippen LogP contribution in [0.5, 0.6) is 0 Å². The van der Waals surface area contributed by atoms with Crippen molar-refractivity contribution >= 4 is 34.5 Å². The van der Waals surface area contributed by atoms with Crippen LogP contribution in [0, 0.1) is 19.7 Å². The standard InChI is InChI=1S/C25H21FN4O3S/c1-15-11-16(2)13-17(12-15)30-24(33)19-8-4-6-10-21(19)27-25(30)34-14-22(31)28-29-23(32)18-7-3-5-9-20(18)26/h3-13H,14H2,1-2H3,(H,28,31)(H,29,32). The van der Waals surface area contributed by atoms with E-state index < -0.39 is 17.6 Å². The second-order valence-corrected chi connectivity index (χ2v) is 8.61. The van der Waals surface area contributed by atoms with Crippen LogP contribution in [0.1, 0.15) is 21.5 Å². The van der Waals surface area contributed by atoms with Crippen molar-refractivity contribution in [1.82, 2.24) is 20.4 Å². The van der Waals surface area contributed by atoms with E-state index in [0.29, 0.717) is 21.7 Å². The Hall–Kier alpha value is -3.98. The summed E-state index contributed by atoms with van der Waals surface area (Å²) >= 11 is 1.06. The third-order valence-corrected chi connectivity index (χ3v) is 5.91. The molecule has 1 heterocycles. The van der Waals surface area contributed by atoms with Gasteiger partial charge >= 0.3 is 0 Å². The Bertz CT molecular complexity index is 1450. The number of amides is 2. The lowest BCUT2D eigenvalue weighted by Gasteiger charge is -2.14. The number of nitrogens with zero attached hydrogens (tertiary/aromatic N) is 2. The zero-order valence-corrected chi connectivity index (χ0v) is 19.3. The summed E-state index contributed by atoms with van der Waals surface area (Å²) in [4.78, 5) is 42.4. The average molecular weight is 477 g/mol. The fourth-order valence-corrected chi connectivity index (χ4v) is 4.33. The molecular weight excluding hydrogens is 455 g/mol. The third kappa shape index (κ3) is 4.99. The minimum Gasteiger partial charge on any atom is -0.272 e. The Labute approximate surface area is 199 Å². The van der Waals surface area contributed by atoms with E-state index in [0.717, 1.165) is 29.0 Å². The van der Waals surface area contributed by atoms with Crippen LogP contribution in [-0.2, 0) is 4.79 Å². The van der Waals surface area contributed by atoms with E-state index in [9.17, 15) is 18.8 Å². The number of aryl methyl sites for hydroxylation is 2. The highest BCUT2D eigenvalue weighted by Gasteiger charge is 2.16. The molecule has 0 fully saturated rings. The summed E-state index contributed by atoms with van der Waals surface area (Å²) in [6.07, 6.45) is 0. The minimum atomic E-state index is -0.771. The van der Waals surface area contributed by atoms with Crippen molar-refractivity contribution in [3.05, 3.63) is 99.6 Å². The lowest BCUT2D eigenvalue weighted by molar-refractivity contribution is -0.119. The minimum absolute atomic E-state index is 0.132. The highest BCUT2D eigenvalue weighted by molar-refractivity contribution is 7.99. The fourth-order valence-electron chi connectivity index (χ4n) is 3.52. The van der Waals surface area contributed by atoms with Gasteiger partial charge in [-0.1, -0.05) is 42.1 Å². The van der Waals surface area contributed by atoms with Crippen LogP contribution in [0.25, 0.3) is 16.6 Å². The monoisotopic (exact) mass is 476 g/mol. The molecule has 0 saturated carbocycles. The van der Waals surface area contributed by atoms with Crippen LogP contribution in [0.3, 0.4) is 0 Å². The Morgan fingerprint density at radius 3 is 2.38 bits per heavy atom.